The predicted molar refractivity (Wildman–Crippen MR) is 79.3 cm³/mol. The third kappa shape index (κ3) is 4.06. The fraction of sp³-hybridized carbons (Fsp3) is 0.500. The number of nitrogens with zero attached hydrogens (tertiary/aromatic N) is 1. The molecule has 1 aliphatic rings. The van der Waals surface area contributed by atoms with Crippen LogP contribution in [-0.4, -0.2) is 36.7 Å². The average molecular weight is 363 g/mol. The third-order valence-electron chi connectivity index (χ3n) is 3.38. The molecule has 1 aromatic rings. The van der Waals surface area contributed by atoms with Gasteiger partial charge in [0.1, 0.15) is 11.6 Å². The van der Waals surface area contributed by atoms with Crippen molar-refractivity contribution in [1.82, 2.24) is 4.90 Å². The van der Waals surface area contributed by atoms with Crippen LogP contribution in [0.15, 0.2) is 16.6 Å². The summed E-state index contributed by atoms with van der Waals surface area (Å²) in [5.41, 5.74) is 0.256. The highest BCUT2D eigenvalue weighted by atomic mass is 79.9. The van der Waals surface area contributed by atoms with Gasteiger partial charge in [0.2, 0.25) is 0 Å². The first-order chi connectivity index (χ1) is 10.0. The number of amides is 1. The van der Waals surface area contributed by atoms with Gasteiger partial charge in [-0.15, -0.1) is 0 Å². The number of ether oxygens (including phenoxy) is 1. The molecule has 1 saturated heterocycles. The van der Waals surface area contributed by atoms with Crippen molar-refractivity contribution in [2.24, 2.45) is 0 Å². The van der Waals surface area contributed by atoms with Crippen molar-refractivity contribution in [3.63, 3.8) is 0 Å². The lowest BCUT2D eigenvalue weighted by Crippen LogP contribution is -2.42. The van der Waals surface area contributed by atoms with Crippen molar-refractivity contribution in [1.29, 1.82) is 0 Å². The van der Waals surface area contributed by atoms with Gasteiger partial charge < -0.3 is 15.0 Å². The molecule has 0 atom stereocenters. The number of carbonyl (C=O) groups excluding carboxylic acids is 1. The Balaban J connectivity index is 1.94. The summed E-state index contributed by atoms with van der Waals surface area (Å²) in [4.78, 5) is 13.2. The molecular formula is C14H17BrF2N2O2. The lowest BCUT2D eigenvalue weighted by molar-refractivity contribution is 0.0983. The molecule has 1 heterocycles. The second-order valence-electron chi connectivity index (χ2n) is 4.85. The minimum Gasteiger partial charge on any atom is -0.450 e. The van der Waals surface area contributed by atoms with Crippen LogP contribution < -0.4 is 5.32 Å². The van der Waals surface area contributed by atoms with Crippen molar-refractivity contribution in [2.75, 3.05) is 25.0 Å². The number of likely N-dealkylation sites (tertiary alicyclic amines) is 1. The zero-order valence-corrected chi connectivity index (χ0v) is 13.3. The smallest absolute Gasteiger partial charge is 0.409 e. The highest BCUT2D eigenvalue weighted by Crippen LogP contribution is 2.29. The fourth-order valence-electron chi connectivity index (χ4n) is 2.31. The van der Waals surface area contributed by atoms with Crippen LogP contribution in [0.1, 0.15) is 19.8 Å². The van der Waals surface area contributed by atoms with Crippen LogP contribution in [0.2, 0.25) is 0 Å². The second-order valence-corrected chi connectivity index (χ2v) is 5.70. The first kappa shape index (κ1) is 16.0. The second kappa shape index (κ2) is 7.06. The molecule has 0 bridgehead atoms. The van der Waals surface area contributed by atoms with Gasteiger partial charge in [0.25, 0.3) is 0 Å². The summed E-state index contributed by atoms with van der Waals surface area (Å²) in [7, 11) is 0. The summed E-state index contributed by atoms with van der Waals surface area (Å²) in [6, 6.07) is 2.10. The van der Waals surface area contributed by atoms with E-state index in [0.717, 1.165) is 6.07 Å². The lowest BCUT2D eigenvalue weighted by atomic mass is 10.0. The van der Waals surface area contributed by atoms with Crippen LogP contribution in [0.5, 0.6) is 0 Å². The van der Waals surface area contributed by atoms with Crippen molar-refractivity contribution in [3.05, 3.63) is 28.2 Å². The summed E-state index contributed by atoms with van der Waals surface area (Å²) in [5, 5.41) is 3.07. The van der Waals surface area contributed by atoms with Gasteiger partial charge in [0, 0.05) is 29.7 Å². The number of carbonyl (C=O) groups is 1. The van der Waals surface area contributed by atoms with Crippen LogP contribution in [0.4, 0.5) is 19.3 Å². The van der Waals surface area contributed by atoms with Crippen LogP contribution in [0, 0.1) is 11.6 Å². The average Bonchev–Trinajstić information content (AvgIpc) is 2.43. The van der Waals surface area contributed by atoms with E-state index in [-0.39, 0.29) is 17.8 Å². The quantitative estimate of drug-likeness (QED) is 0.889. The van der Waals surface area contributed by atoms with Gasteiger partial charge in [-0.1, -0.05) is 0 Å². The number of piperidine rings is 1. The SMILES string of the molecule is CCOC(=O)N1CCC(Nc2c(F)cc(F)cc2Br)CC1. The van der Waals surface area contributed by atoms with E-state index in [0.29, 0.717) is 37.0 Å². The number of benzene rings is 1. The Kier molecular flexibility index (Phi) is 5.39. The minimum atomic E-state index is -0.630. The highest BCUT2D eigenvalue weighted by Gasteiger charge is 2.24. The summed E-state index contributed by atoms with van der Waals surface area (Å²) in [6.07, 6.45) is 1.05. The maximum absolute atomic E-state index is 13.8. The number of halogens is 3. The van der Waals surface area contributed by atoms with Gasteiger partial charge in [-0.3, -0.25) is 0 Å². The molecule has 1 amide bonds. The third-order valence-corrected chi connectivity index (χ3v) is 4.00. The van der Waals surface area contributed by atoms with E-state index in [1.54, 1.807) is 11.8 Å². The molecule has 1 aromatic carbocycles. The maximum Gasteiger partial charge on any atom is 0.409 e. The first-order valence-corrected chi connectivity index (χ1v) is 7.63. The zero-order chi connectivity index (χ0) is 15.4. The molecule has 1 aliphatic heterocycles. The summed E-state index contributed by atoms with van der Waals surface area (Å²) < 4.78 is 32.1. The van der Waals surface area contributed by atoms with E-state index in [2.05, 4.69) is 21.2 Å². The number of anilines is 1. The van der Waals surface area contributed by atoms with Gasteiger partial charge in [-0.2, -0.15) is 0 Å². The Morgan fingerprint density at radius 2 is 2.10 bits per heavy atom. The molecule has 4 nitrogen and oxygen atoms in total. The van der Waals surface area contributed by atoms with Crippen molar-refractivity contribution < 1.29 is 18.3 Å². The predicted octanol–water partition coefficient (Wildman–Crippen LogP) is 3.76. The normalized spacial score (nSPS) is 15.9. The number of nitrogens with one attached hydrogen (secondary N) is 1. The molecule has 7 heteroatoms. The van der Waals surface area contributed by atoms with Crippen molar-refractivity contribution in [3.8, 4) is 0 Å². The molecule has 0 aromatic heterocycles. The number of hydrogen-bond acceptors (Lipinski definition) is 3. The van der Waals surface area contributed by atoms with E-state index < -0.39 is 11.6 Å². The molecule has 0 unspecified atom stereocenters. The summed E-state index contributed by atoms with van der Waals surface area (Å²) >= 11 is 3.15. The monoisotopic (exact) mass is 362 g/mol. The van der Waals surface area contributed by atoms with E-state index in [9.17, 15) is 13.6 Å². The summed E-state index contributed by atoms with van der Waals surface area (Å²) in [6.45, 7) is 3.22. The van der Waals surface area contributed by atoms with Gasteiger partial charge in [0.05, 0.1) is 12.3 Å². The molecule has 116 valence electrons. The Morgan fingerprint density at radius 3 is 2.67 bits per heavy atom. The van der Waals surface area contributed by atoms with E-state index in [4.69, 9.17) is 4.74 Å². The highest BCUT2D eigenvalue weighted by molar-refractivity contribution is 9.10. The number of hydrogen-bond donors (Lipinski definition) is 1. The van der Waals surface area contributed by atoms with Crippen LogP contribution in [-0.2, 0) is 4.74 Å². The molecule has 21 heavy (non-hydrogen) atoms. The van der Waals surface area contributed by atoms with Crippen LogP contribution in [0.3, 0.4) is 0 Å². The van der Waals surface area contributed by atoms with Gasteiger partial charge in [0.15, 0.2) is 0 Å². The molecule has 0 saturated carbocycles. The van der Waals surface area contributed by atoms with Crippen molar-refractivity contribution in [2.45, 2.75) is 25.8 Å². The Hall–Kier alpha value is -1.37. The molecule has 0 aliphatic carbocycles. The van der Waals surface area contributed by atoms with Gasteiger partial charge >= 0.3 is 6.09 Å². The van der Waals surface area contributed by atoms with E-state index >= 15 is 0 Å². The standard InChI is InChI=1S/C14H17BrF2N2O2/c1-2-21-14(20)19-5-3-10(4-6-19)18-13-11(15)7-9(16)8-12(13)17/h7-8,10,18H,2-6H2,1H3. The minimum absolute atomic E-state index is 0.0342. The lowest BCUT2D eigenvalue weighted by Gasteiger charge is -2.32. The van der Waals surface area contributed by atoms with E-state index in [1.807, 2.05) is 0 Å². The van der Waals surface area contributed by atoms with Gasteiger partial charge in [-0.05, 0) is 41.8 Å². The first-order valence-electron chi connectivity index (χ1n) is 6.84. The maximum atomic E-state index is 13.8. The Morgan fingerprint density at radius 1 is 1.43 bits per heavy atom. The van der Waals surface area contributed by atoms with E-state index in [1.165, 1.54) is 6.07 Å². The molecule has 1 fully saturated rings. The van der Waals surface area contributed by atoms with Gasteiger partial charge in [-0.25, -0.2) is 13.6 Å². The van der Waals surface area contributed by atoms with Crippen LogP contribution in [0.25, 0.3) is 0 Å². The number of rotatable bonds is 3. The largest absolute Gasteiger partial charge is 0.450 e. The fourth-order valence-corrected chi connectivity index (χ4v) is 2.83. The van der Waals surface area contributed by atoms with Crippen LogP contribution >= 0.6 is 15.9 Å². The zero-order valence-electron chi connectivity index (χ0n) is 11.7. The Labute approximate surface area is 130 Å². The molecular weight excluding hydrogens is 346 g/mol. The molecule has 1 N–H and O–H groups in total. The molecule has 0 radical (unpaired) electrons. The summed E-state index contributed by atoms with van der Waals surface area (Å²) in [5.74, 6) is -1.25. The topological polar surface area (TPSA) is 41.6 Å². The molecule has 2 rings (SSSR count). The Bertz CT molecular complexity index is 497. The molecule has 0 spiro atoms. The van der Waals surface area contributed by atoms with Crippen molar-refractivity contribution >= 4 is 27.7 Å².